The molecule has 1 aliphatic heterocycles. The lowest BCUT2D eigenvalue weighted by atomic mass is 10.2. The lowest BCUT2D eigenvalue weighted by Crippen LogP contribution is -2.43. The molecule has 2 N–H and O–H groups in total. The molecule has 3 aromatic heterocycles. The second kappa shape index (κ2) is 9.53. The van der Waals surface area contributed by atoms with E-state index >= 15 is 4.39 Å². The van der Waals surface area contributed by atoms with Crippen LogP contribution in [0, 0.1) is 0 Å². The van der Waals surface area contributed by atoms with Crippen LogP contribution in [-0.4, -0.2) is 50.5 Å². The Morgan fingerprint density at radius 1 is 1.16 bits per heavy atom. The van der Waals surface area contributed by atoms with Gasteiger partial charge in [-0.25, -0.2) is 23.7 Å². The Bertz CT molecular complexity index is 1540. The second-order valence-corrected chi connectivity index (χ2v) is 10.9. The van der Waals surface area contributed by atoms with Gasteiger partial charge in [0.25, 0.3) is 5.56 Å². The lowest BCUT2D eigenvalue weighted by molar-refractivity contribution is 0.312. The number of hydrogen-bond donors (Lipinski definition) is 2. The number of nitrogens with zero attached hydrogens (tertiary/aromatic N) is 6. The van der Waals surface area contributed by atoms with E-state index < -0.39 is 3.68 Å². The van der Waals surface area contributed by atoms with Crippen LogP contribution in [0.4, 0.5) is 21.7 Å². The Hall–Kier alpha value is -3.32. The summed E-state index contributed by atoms with van der Waals surface area (Å²) < 4.78 is 16.7. The number of pyridine rings is 1. The number of rotatable bonds is 6. The van der Waals surface area contributed by atoms with Gasteiger partial charge < -0.3 is 15.5 Å². The van der Waals surface area contributed by atoms with E-state index in [9.17, 15) is 4.79 Å². The van der Waals surface area contributed by atoms with E-state index in [0.29, 0.717) is 41.3 Å². The first kappa shape index (κ1) is 24.0. The van der Waals surface area contributed by atoms with Crippen LogP contribution in [0.2, 0.25) is 0 Å². The summed E-state index contributed by atoms with van der Waals surface area (Å²) in [6, 6.07) is 11.8. The van der Waals surface area contributed by atoms with Gasteiger partial charge in [0.1, 0.15) is 5.39 Å². The van der Waals surface area contributed by atoms with Gasteiger partial charge in [0, 0.05) is 50.2 Å². The summed E-state index contributed by atoms with van der Waals surface area (Å²) >= 11 is 1.81. The van der Waals surface area contributed by atoms with Crippen molar-refractivity contribution < 1.29 is 4.39 Å². The van der Waals surface area contributed by atoms with Gasteiger partial charge in [-0.1, -0.05) is 12.1 Å². The van der Waals surface area contributed by atoms with Crippen molar-refractivity contribution in [2.75, 3.05) is 36.4 Å². The molecule has 0 radical (unpaired) electrons. The van der Waals surface area contributed by atoms with Gasteiger partial charge >= 0.3 is 0 Å². The topological polar surface area (TPSA) is 92.9 Å². The molecule has 0 bridgehead atoms. The number of benzene rings is 1. The number of halogens is 2. The molecule has 11 heteroatoms. The average molecular weight is 612 g/mol. The van der Waals surface area contributed by atoms with Gasteiger partial charge in [0.15, 0.2) is 11.5 Å². The predicted molar refractivity (Wildman–Crippen MR) is 151 cm³/mol. The molecule has 1 fully saturated rings. The third kappa shape index (κ3) is 4.39. The first-order valence-electron chi connectivity index (χ1n) is 12.3. The third-order valence-corrected chi connectivity index (χ3v) is 7.87. The molecular formula is C26H26FIN8O. The van der Waals surface area contributed by atoms with E-state index in [-0.39, 0.29) is 12.1 Å². The number of alkyl halides is 2. The van der Waals surface area contributed by atoms with Gasteiger partial charge in [-0.2, -0.15) is 4.98 Å². The summed E-state index contributed by atoms with van der Waals surface area (Å²) in [5.41, 5.74) is 3.43. The van der Waals surface area contributed by atoms with Crippen molar-refractivity contribution in [3.8, 4) is 5.82 Å². The minimum Gasteiger partial charge on any atom is -0.369 e. The largest absolute Gasteiger partial charge is 0.369 e. The number of aryl methyl sites for hydroxylation is 1. The zero-order valence-electron chi connectivity index (χ0n) is 20.1. The van der Waals surface area contributed by atoms with Crippen LogP contribution in [0.5, 0.6) is 0 Å². The van der Waals surface area contributed by atoms with Crippen molar-refractivity contribution in [3.63, 3.8) is 0 Å². The van der Waals surface area contributed by atoms with Crippen molar-refractivity contribution in [1.29, 1.82) is 0 Å². The van der Waals surface area contributed by atoms with E-state index in [0.717, 1.165) is 37.4 Å². The van der Waals surface area contributed by atoms with Crippen LogP contribution >= 0.6 is 22.6 Å². The molecule has 190 valence electrons. The molecular weight excluding hydrogens is 586 g/mol. The monoisotopic (exact) mass is 612 g/mol. The quantitative estimate of drug-likeness (QED) is 0.194. The van der Waals surface area contributed by atoms with Gasteiger partial charge in [0.2, 0.25) is 9.62 Å². The van der Waals surface area contributed by atoms with E-state index in [4.69, 9.17) is 0 Å². The fourth-order valence-corrected chi connectivity index (χ4v) is 5.68. The number of allylic oxidation sites excluding steroid dienone is 1. The van der Waals surface area contributed by atoms with Crippen LogP contribution in [-0.2, 0) is 16.6 Å². The van der Waals surface area contributed by atoms with Crippen LogP contribution < -0.4 is 21.1 Å². The average Bonchev–Trinajstić information content (AvgIpc) is 3.37. The van der Waals surface area contributed by atoms with Gasteiger partial charge in [0.05, 0.1) is 12.2 Å². The van der Waals surface area contributed by atoms with Gasteiger partial charge in [-0.05, 0) is 64.9 Å². The minimum absolute atomic E-state index is 0.245. The molecule has 0 amide bonds. The molecule has 37 heavy (non-hydrogen) atoms. The predicted octanol–water partition coefficient (Wildman–Crippen LogP) is 3.82. The molecule has 1 unspecified atom stereocenters. The first-order chi connectivity index (χ1) is 17.9. The standard InChI is InChI=1S/C26H26FIN8O/c1-2-13-35-24(37)20-16-30-25(31-18-4-6-19(7-5-18)34-14-11-29-12-15-34)33-23(20)36(35)21-8-3-17-9-10-26(27,28)22(17)32-21/h2-8,16,29H,1,9-15H2,(H,30,31,33). The molecule has 0 spiro atoms. The van der Waals surface area contributed by atoms with E-state index in [2.05, 4.69) is 49.2 Å². The number of piperazine rings is 1. The maximum Gasteiger partial charge on any atom is 0.278 e. The van der Waals surface area contributed by atoms with Crippen molar-refractivity contribution in [2.24, 2.45) is 0 Å². The molecule has 1 aromatic carbocycles. The van der Waals surface area contributed by atoms with Crippen LogP contribution in [0.15, 0.2) is 60.0 Å². The molecule has 1 saturated heterocycles. The van der Waals surface area contributed by atoms with Gasteiger partial charge in [-0.15, -0.1) is 6.58 Å². The number of hydrogen-bond acceptors (Lipinski definition) is 7. The van der Waals surface area contributed by atoms with E-state index in [1.807, 2.05) is 40.8 Å². The molecule has 4 heterocycles. The number of nitrogens with one attached hydrogen (secondary N) is 2. The van der Waals surface area contributed by atoms with Crippen molar-refractivity contribution in [1.82, 2.24) is 29.6 Å². The number of anilines is 3. The first-order valence-corrected chi connectivity index (χ1v) is 13.3. The summed E-state index contributed by atoms with van der Waals surface area (Å²) in [6.07, 6.45) is 4.17. The van der Waals surface area contributed by atoms with Crippen LogP contribution in [0.1, 0.15) is 17.7 Å². The summed E-state index contributed by atoms with van der Waals surface area (Å²) in [6.45, 7) is 7.94. The Morgan fingerprint density at radius 2 is 1.95 bits per heavy atom. The zero-order valence-corrected chi connectivity index (χ0v) is 22.3. The smallest absolute Gasteiger partial charge is 0.278 e. The normalized spacial score (nSPS) is 19.2. The lowest BCUT2D eigenvalue weighted by Gasteiger charge is -2.29. The molecule has 6 rings (SSSR count). The fraction of sp³-hybridized carbons (Fsp3) is 0.308. The summed E-state index contributed by atoms with van der Waals surface area (Å²) in [4.78, 5) is 29.3. The Morgan fingerprint density at radius 3 is 2.70 bits per heavy atom. The molecule has 1 atom stereocenters. The minimum atomic E-state index is -1.53. The van der Waals surface area contributed by atoms with Crippen LogP contribution in [0.25, 0.3) is 16.9 Å². The van der Waals surface area contributed by atoms with E-state index in [1.165, 1.54) is 16.6 Å². The molecule has 9 nitrogen and oxygen atoms in total. The maximum absolute atomic E-state index is 15.1. The highest BCUT2D eigenvalue weighted by atomic mass is 127. The summed E-state index contributed by atoms with van der Waals surface area (Å²) in [5, 5.41) is 6.96. The van der Waals surface area contributed by atoms with Crippen molar-refractivity contribution in [2.45, 2.75) is 23.1 Å². The van der Waals surface area contributed by atoms with Gasteiger partial charge in [-0.3, -0.25) is 4.79 Å². The molecule has 2 aliphatic rings. The third-order valence-electron chi connectivity index (χ3n) is 6.82. The fourth-order valence-electron chi connectivity index (χ4n) is 4.94. The maximum atomic E-state index is 15.1. The van der Waals surface area contributed by atoms with E-state index in [1.54, 1.807) is 16.8 Å². The number of aromatic nitrogens is 5. The Labute approximate surface area is 226 Å². The Balaban J connectivity index is 1.38. The number of fused-ring (bicyclic) bond motifs is 2. The molecule has 1 aliphatic carbocycles. The Kier molecular flexibility index (Phi) is 6.19. The summed E-state index contributed by atoms with van der Waals surface area (Å²) in [7, 11) is 0. The molecule has 4 aromatic rings. The second-order valence-electron chi connectivity index (χ2n) is 9.21. The van der Waals surface area contributed by atoms with Crippen molar-refractivity contribution in [3.05, 3.63) is 76.9 Å². The van der Waals surface area contributed by atoms with Crippen molar-refractivity contribution >= 4 is 50.9 Å². The molecule has 0 saturated carbocycles. The summed E-state index contributed by atoms with van der Waals surface area (Å²) in [5.74, 6) is 0.778. The van der Waals surface area contributed by atoms with Crippen LogP contribution in [0.3, 0.4) is 0 Å². The SMILES string of the molecule is C=CCn1c(=O)c2cnc(Nc3ccc(N4CCNCC4)cc3)nc2n1-c1ccc2c(n1)C(F)(I)CC2. The zero-order chi connectivity index (χ0) is 25.6. The highest BCUT2D eigenvalue weighted by Crippen LogP contribution is 2.44. The highest BCUT2D eigenvalue weighted by molar-refractivity contribution is 14.1. The highest BCUT2D eigenvalue weighted by Gasteiger charge is 2.38.